The van der Waals surface area contributed by atoms with E-state index in [0.29, 0.717) is 0 Å². The zero-order chi connectivity index (χ0) is 12.6. The fourth-order valence-electron chi connectivity index (χ4n) is 2.96. The van der Waals surface area contributed by atoms with Crippen LogP contribution in [0.1, 0.15) is 90.9 Å². The molecule has 0 aromatic carbocycles. The van der Waals surface area contributed by atoms with Crippen LogP contribution in [0, 0.1) is 5.92 Å². The molecule has 0 aliphatic heterocycles. The van der Waals surface area contributed by atoms with E-state index in [2.05, 4.69) is 13.8 Å². The Morgan fingerprint density at radius 2 is 1.47 bits per heavy atom. The molecule has 1 aliphatic carbocycles. The summed E-state index contributed by atoms with van der Waals surface area (Å²) in [6.45, 7) is 4.58. The zero-order valence-corrected chi connectivity index (χ0v) is 12.0. The summed E-state index contributed by atoms with van der Waals surface area (Å²) in [5, 5.41) is 10.4. The molecule has 1 saturated carbocycles. The molecule has 1 fully saturated rings. The molecule has 1 N–H and O–H groups in total. The topological polar surface area (TPSA) is 20.2 Å². The van der Waals surface area contributed by atoms with Crippen LogP contribution in [0.15, 0.2) is 0 Å². The summed E-state index contributed by atoms with van der Waals surface area (Å²) < 4.78 is 0. The predicted octanol–water partition coefficient (Wildman–Crippen LogP) is 5.07. The third kappa shape index (κ3) is 6.45. The summed E-state index contributed by atoms with van der Waals surface area (Å²) in [7, 11) is 0. The summed E-state index contributed by atoms with van der Waals surface area (Å²) in [5.41, 5.74) is -0.296. The zero-order valence-electron chi connectivity index (χ0n) is 12.0. The van der Waals surface area contributed by atoms with Crippen molar-refractivity contribution in [2.75, 3.05) is 0 Å². The van der Waals surface area contributed by atoms with Crippen LogP contribution in [-0.2, 0) is 0 Å². The van der Waals surface area contributed by atoms with Crippen molar-refractivity contribution in [1.82, 2.24) is 0 Å². The maximum absolute atomic E-state index is 10.4. The molecule has 1 aliphatic rings. The minimum atomic E-state index is -0.296. The van der Waals surface area contributed by atoms with Gasteiger partial charge in [-0.1, -0.05) is 58.8 Å². The molecular formula is C16H32O. The van der Waals surface area contributed by atoms with Crippen LogP contribution in [0.2, 0.25) is 0 Å². The molecule has 0 atom stereocenters. The van der Waals surface area contributed by atoms with Gasteiger partial charge in [0.2, 0.25) is 0 Å². The Morgan fingerprint density at radius 1 is 0.941 bits per heavy atom. The van der Waals surface area contributed by atoms with Gasteiger partial charge in [0.15, 0.2) is 0 Å². The number of hydrogen-bond donors (Lipinski definition) is 1. The first-order chi connectivity index (χ1) is 8.16. The second-order valence-corrected chi connectivity index (χ2v) is 6.28. The van der Waals surface area contributed by atoms with Gasteiger partial charge in [0.1, 0.15) is 0 Å². The van der Waals surface area contributed by atoms with Gasteiger partial charge in [0.05, 0.1) is 5.60 Å². The molecule has 0 amide bonds. The van der Waals surface area contributed by atoms with Crippen LogP contribution < -0.4 is 0 Å². The molecule has 1 nitrogen and oxygen atoms in total. The van der Waals surface area contributed by atoms with Crippen molar-refractivity contribution in [2.24, 2.45) is 5.92 Å². The van der Waals surface area contributed by atoms with Gasteiger partial charge in [-0.3, -0.25) is 0 Å². The first-order valence-electron chi connectivity index (χ1n) is 7.89. The maximum Gasteiger partial charge on any atom is 0.0648 e. The molecule has 0 heterocycles. The molecule has 0 bridgehead atoms. The van der Waals surface area contributed by atoms with Gasteiger partial charge >= 0.3 is 0 Å². The Hall–Kier alpha value is -0.0400. The average molecular weight is 240 g/mol. The smallest absolute Gasteiger partial charge is 0.0648 e. The Balaban J connectivity index is 1.98. The van der Waals surface area contributed by atoms with E-state index in [1.165, 1.54) is 57.8 Å². The molecule has 1 rings (SSSR count). The predicted molar refractivity (Wildman–Crippen MR) is 75.2 cm³/mol. The van der Waals surface area contributed by atoms with Gasteiger partial charge in [-0.25, -0.2) is 0 Å². The first kappa shape index (κ1) is 15.0. The van der Waals surface area contributed by atoms with E-state index >= 15 is 0 Å². The average Bonchev–Trinajstić information content (AvgIpc) is 2.32. The second-order valence-electron chi connectivity index (χ2n) is 6.28. The molecule has 0 unspecified atom stereocenters. The monoisotopic (exact) mass is 240 g/mol. The quantitative estimate of drug-likeness (QED) is 0.587. The van der Waals surface area contributed by atoms with Crippen LogP contribution in [0.25, 0.3) is 0 Å². The highest BCUT2D eigenvalue weighted by Gasteiger charge is 2.30. The summed E-state index contributed by atoms with van der Waals surface area (Å²) in [6, 6.07) is 0. The fourth-order valence-corrected chi connectivity index (χ4v) is 2.96. The Labute approximate surface area is 108 Å². The van der Waals surface area contributed by atoms with Gasteiger partial charge in [-0.05, 0) is 38.0 Å². The van der Waals surface area contributed by atoms with E-state index in [9.17, 15) is 5.11 Å². The van der Waals surface area contributed by atoms with Crippen LogP contribution in [0.5, 0.6) is 0 Å². The van der Waals surface area contributed by atoms with Crippen molar-refractivity contribution in [3.05, 3.63) is 0 Å². The molecule has 0 aromatic heterocycles. The number of rotatable bonds is 8. The lowest BCUT2D eigenvalue weighted by Gasteiger charge is -2.35. The van der Waals surface area contributed by atoms with E-state index in [1.54, 1.807) is 0 Å². The van der Waals surface area contributed by atoms with Crippen LogP contribution in [0.4, 0.5) is 0 Å². The molecule has 0 aromatic rings. The highest BCUT2D eigenvalue weighted by atomic mass is 16.3. The molecule has 1 heteroatoms. The van der Waals surface area contributed by atoms with Crippen LogP contribution >= 0.6 is 0 Å². The fraction of sp³-hybridized carbons (Fsp3) is 1.00. The Morgan fingerprint density at radius 3 is 2.06 bits per heavy atom. The largest absolute Gasteiger partial charge is 0.390 e. The van der Waals surface area contributed by atoms with Crippen molar-refractivity contribution in [3.63, 3.8) is 0 Å². The summed E-state index contributed by atoms with van der Waals surface area (Å²) in [5.74, 6) is 0.837. The van der Waals surface area contributed by atoms with E-state index in [1.807, 2.05) is 0 Å². The summed E-state index contributed by atoms with van der Waals surface area (Å²) in [4.78, 5) is 0. The Bertz CT molecular complexity index is 180. The number of aliphatic hydroxyl groups is 1. The maximum atomic E-state index is 10.4. The lowest BCUT2D eigenvalue weighted by Crippen LogP contribution is -2.33. The second kappa shape index (κ2) is 8.13. The van der Waals surface area contributed by atoms with Crippen molar-refractivity contribution in [3.8, 4) is 0 Å². The Kier molecular flexibility index (Phi) is 7.18. The van der Waals surface area contributed by atoms with E-state index in [-0.39, 0.29) is 5.60 Å². The minimum Gasteiger partial charge on any atom is -0.390 e. The molecule has 0 spiro atoms. The van der Waals surface area contributed by atoms with Gasteiger partial charge in [0, 0.05) is 0 Å². The minimum absolute atomic E-state index is 0.296. The standard InChI is InChI=1S/C16H32O/c1-3-4-5-6-7-8-9-12-16(17)13-10-15(2)11-14-16/h15,17H,3-14H2,1-2H3. The van der Waals surface area contributed by atoms with Crippen LogP contribution in [-0.4, -0.2) is 10.7 Å². The first-order valence-corrected chi connectivity index (χ1v) is 7.89. The summed E-state index contributed by atoms with van der Waals surface area (Å²) in [6.07, 6.45) is 15.0. The number of hydrogen-bond acceptors (Lipinski definition) is 1. The van der Waals surface area contributed by atoms with E-state index in [4.69, 9.17) is 0 Å². The molecule has 0 radical (unpaired) electrons. The van der Waals surface area contributed by atoms with E-state index in [0.717, 1.165) is 25.2 Å². The van der Waals surface area contributed by atoms with Gasteiger partial charge in [-0.15, -0.1) is 0 Å². The third-order valence-corrected chi connectivity index (χ3v) is 4.45. The highest BCUT2D eigenvalue weighted by Crippen LogP contribution is 2.35. The molecule has 17 heavy (non-hydrogen) atoms. The lowest BCUT2D eigenvalue weighted by atomic mass is 9.77. The highest BCUT2D eigenvalue weighted by molar-refractivity contribution is 4.84. The normalized spacial score (nSPS) is 29.5. The van der Waals surface area contributed by atoms with Gasteiger partial charge in [0.25, 0.3) is 0 Å². The van der Waals surface area contributed by atoms with Crippen molar-refractivity contribution < 1.29 is 5.11 Å². The van der Waals surface area contributed by atoms with Gasteiger partial charge < -0.3 is 5.11 Å². The molecule has 0 saturated heterocycles. The van der Waals surface area contributed by atoms with Crippen molar-refractivity contribution in [2.45, 2.75) is 96.5 Å². The SMILES string of the molecule is CCCCCCCCCC1(O)CCC(C)CC1. The van der Waals surface area contributed by atoms with E-state index < -0.39 is 0 Å². The third-order valence-electron chi connectivity index (χ3n) is 4.45. The van der Waals surface area contributed by atoms with Crippen molar-refractivity contribution in [1.29, 1.82) is 0 Å². The van der Waals surface area contributed by atoms with Gasteiger partial charge in [-0.2, -0.15) is 0 Å². The van der Waals surface area contributed by atoms with Crippen LogP contribution in [0.3, 0.4) is 0 Å². The number of unbranched alkanes of at least 4 members (excludes halogenated alkanes) is 6. The summed E-state index contributed by atoms with van der Waals surface area (Å²) >= 11 is 0. The molecule has 102 valence electrons. The lowest BCUT2D eigenvalue weighted by molar-refractivity contribution is -0.0164. The van der Waals surface area contributed by atoms with Crippen molar-refractivity contribution >= 4 is 0 Å². The molecular weight excluding hydrogens is 208 g/mol.